The Labute approximate surface area is 208 Å². The van der Waals surface area contributed by atoms with Crippen molar-refractivity contribution in [1.82, 2.24) is 14.5 Å². The second kappa shape index (κ2) is 13.4. The fourth-order valence-electron chi connectivity index (χ4n) is 4.21. The first-order valence-electron chi connectivity index (χ1n) is 12.6. The predicted octanol–water partition coefficient (Wildman–Crippen LogP) is 4.35. The molecule has 0 saturated heterocycles. The summed E-state index contributed by atoms with van der Waals surface area (Å²) in [5.74, 6) is 1.41. The summed E-state index contributed by atoms with van der Waals surface area (Å²) >= 11 is 0. The lowest BCUT2D eigenvalue weighted by molar-refractivity contribution is 0.127. The quantitative estimate of drug-likeness (QED) is 0.345. The van der Waals surface area contributed by atoms with Gasteiger partial charge in [0.25, 0.3) is 5.56 Å². The monoisotopic (exact) mass is 481 g/mol. The van der Waals surface area contributed by atoms with E-state index in [0.717, 1.165) is 36.2 Å². The normalized spacial score (nSPS) is 11.6. The smallest absolute Gasteiger partial charge is 0.266 e. The zero-order valence-corrected chi connectivity index (χ0v) is 21.5. The van der Waals surface area contributed by atoms with E-state index in [9.17, 15) is 9.90 Å². The highest BCUT2D eigenvalue weighted by Crippen LogP contribution is 2.27. The van der Waals surface area contributed by atoms with Crippen molar-refractivity contribution in [3.05, 3.63) is 64.2 Å². The number of nitrogens with zero attached hydrogens (tertiary/aromatic N) is 3. The van der Waals surface area contributed by atoms with Crippen molar-refractivity contribution in [2.45, 2.75) is 59.1 Å². The Morgan fingerprint density at radius 3 is 2.63 bits per heavy atom. The summed E-state index contributed by atoms with van der Waals surface area (Å²) in [7, 11) is 1.67. The van der Waals surface area contributed by atoms with Gasteiger partial charge in [0.1, 0.15) is 11.6 Å². The molecule has 0 radical (unpaired) electrons. The van der Waals surface area contributed by atoms with E-state index in [0.29, 0.717) is 49.5 Å². The minimum Gasteiger partial charge on any atom is -0.489 e. The molecular formula is C28H39N3O4. The van der Waals surface area contributed by atoms with E-state index in [1.54, 1.807) is 11.7 Å². The van der Waals surface area contributed by atoms with E-state index in [-0.39, 0.29) is 18.3 Å². The van der Waals surface area contributed by atoms with Crippen molar-refractivity contribution in [1.29, 1.82) is 0 Å². The van der Waals surface area contributed by atoms with Crippen molar-refractivity contribution in [2.75, 3.05) is 33.4 Å². The first-order valence-corrected chi connectivity index (χ1v) is 12.6. The molecule has 0 aliphatic rings. The summed E-state index contributed by atoms with van der Waals surface area (Å²) in [5.41, 5.74) is 2.37. The van der Waals surface area contributed by atoms with Crippen LogP contribution < -0.4 is 10.3 Å². The van der Waals surface area contributed by atoms with Gasteiger partial charge in [0.05, 0.1) is 35.9 Å². The third-order valence-electron chi connectivity index (χ3n) is 5.91. The van der Waals surface area contributed by atoms with Gasteiger partial charge in [0.2, 0.25) is 0 Å². The Morgan fingerprint density at radius 2 is 1.91 bits per heavy atom. The molecule has 0 fully saturated rings. The lowest BCUT2D eigenvalue weighted by Crippen LogP contribution is -2.30. The number of ether oxygens (including phenoxy) is 2. The Bertz CT molecular complexity index is 1140. The average molecular weight is 482 g/mol. The molecule has 1 heterocycles. The molecule has 0 amide bonds. The lowest BCUT2D eigenvalue weighted by Gasteiger charge is -2.23. The van der Waals surface area contributed by atoms with Crippen LogP contribution in [-0.2, 0) is 17.7 Å². The van der Waals surface area contributed by atoms with Crippen LogP contribution in [0.25, 0.3) is 16.6 Å². The molecule has 7 heteroatoms. The maximum Gasteiger partial charge on any atom is 0.266 e. The van der Waals surface area contributed by atoms with Gasteiger partial charge in [-0.25, -0.2) is 4.98 Å². The van der Waals surface area contributed by atoms with Gasteiger partial charge in [-0.15, -0.1) is 0 Å². The van der Waals surface area contributed by atoms with Crippen LogP contribution in [0.2, 0.25) is 0 Å². The van der Waals surface area contributed by atoms with Gasteiger partial charge in [-0.1, -0.05) is 38.0 Å². The SMILES string of the molecule is CCCCCc1nc2ccccc2c(=O)n1-c1cc(CN(CCO)CCOC)ccc1OC(C)C. The summed E-state index contributed by atoms with van der Waals surface area (Å²) in [4.78, 5) is 20.9. The zero-order chi connectivity index (χ0) is 25.2. The molecule has 3 rings (SSSR count). The number of para-hydroxylation sites is 1. The summed E-state index contributed by atoms with van der Waals surface area (Å²) in [6.45, 7) is 8.65. The number of unbranched alkanes of at least 4 members (excludes halogenated alkanes) is 2. The Balaban J connectivity index is 2.15. The van der Waals surface area contributed by atoms with Crippen molar-refractivity contribution >= 4 is 10.9 Å². The number of fused-ring (bicyclic) bond motifs is 1. The number of hydrogen-bond donors (Lipinski definition) is 1. The van der Waals surface area contributed by atoms with Crippen molar-refractivity contribution in [3.63, 3.8) is 0 Å². The van der Waals surface area contributed by atoms with Crippen LogP contribution in [0, 0.1) is 0 Å². The molecule has 0 spiro atoms. The molecule has 3 aromatic rings. The largest absolute Gasteiger partial charge is 0.489 e. The van der Waals surface area contributed by atoms with Gasteiger partial charge in [0.15, 0.2) is 0 Å². The number of benzene rings is 2. The number of hydrogen-bond acceptors (Lipinski definition) is 6. The molecule has 0 bridgehead atoms. The van der Waals surface area contributed by atoms with E-state index < -0.39 is 0 Å². The fraction of sp³-hybridized carbons (Fsp3) is 0.500. The van der Waals surface area contributed by atoms with Crippen molar-refractivity contribution in [3.8, 4) is 11.4 Å². The van der Waals surface area contributed by atoms with Gasteiger partial charge < -0.3 is 14.6 Å². The highest BCUT2D eigenvalue weighted by atomic mass is 16.5. The van der Waals surface area contributed by atoms with Gasteiger partial charge in [-0.05, 0) is 50.1 Å². The average Bonchev–Trinajstić information content (AvgIpc) is 2.84. The van der Waals surface area contributed by atoms with Crippen LogP contribution in [0.1, 0.15) is 51.4 Å². The molecule has 2 aromatic carbocycles. The standard InChI is InChI=1S/C28H39N3O4/c1-5-6-7-12-27-29-24-11-9-8-10-23(24)28(33)31(27)25-19-22(13-14-26(25)35-21(2)3)20-30(15-17-32)16-18-34-4/h8-11,13-14,19,21,32H,5-7,12,15-18,20H2,1-4H3. The van der Waals surface area contributed by atoms with Gasteiger partial charge >= 0.3 is 0 Å². The highest BCUT2D eigenvalue weighted by Gasteiger charge is 2.18. The highest BCUT2D eigenvalue weighted by molar-refractivity contribution is 5.78. The third-order valence-corrected chi connectivity index (χ3v) is 5.91. The third kappa shape index (κ3) is 7.13. The maximum atomic E-state index is 13.8. The number of methoxy groups -OCH3 is 1. The molecule has 0 aliphatic carbocycles. The van der Waals surface area contributed by atoms with Crippen LogP contribution in [-0.4, -0.2) is 59.1 Å². The number of aliphatic hydroxyl groups excluding tert-OH is 1. The Hall–Kier alpha value is -2.74. The van der Waals surface area contributed by atoms with Crippen LogP contribution in [0.15, 0.2) is 47.3 Å². The molecule has 7 nitrogen and oxygen atoms in total. The first kappa shape index (κ1) is 26.9. The van der Waals surface area contributed by atoms with E-state index in [4.69, 9.17) is 14.5 Å². The molecule has 190 valence electrons. The topological polar surface area (TPSA) is 76.8 Å². The summed E-state index contributed by atoms with van der Waals surface area (Å²) in [6.07, 6.45) is 3.80. The van der Waals surface area contributed by atoms with Crippen LogP contribution >= 0.6 is 0 Å². The summed E-state index contributed by atoms with van der Waals surface area (Å²) in [6, 6.07) is 13.5. The Morgan fingerprint density at radius 1 is 1.11 bits per heavy atom. The van der Waals surface area contributed by atoms with Gasteiger partial charge in [0, 0.05) is 33.2 Å². The van der Waals surface area contributed by atoms with E-state index in [2.05, 4.69) is 11.8 Å². The summed E-state index contributed by atoms with van der Waals surface area (Å²) < 4.78 is 13.1. The lowest BCUT2D eigenvalue weighted by atomic mass is 10.1. The second-order valence-corrected chi connectivity index (χ2v) is 9.10. The predicted molar refractivity (Wildman–Crippen MR) is 141 cm³/mol. The first-order chi connectivity index (χ1) is 17.0. The fourth-order valence-corrected chi connectivity index (χ4v) is 4.21. The van der Waals surface area contributed by atoms with Crippen LogP contribution in [0.4, 0.5) is 0 Å². The molecular weight excluding hydrogens is 442 g/mol. The Kier molecular flexibility index (Phi) is 10.3. The molecule has 0 unspecified atom stereocenters. The second-order valence-electron chi connectivity index (χ2n) is 9.10. The number of rotatable bonds is 14. The molecule has 0 atom stereocenters. The van der Waals surface area contributed by atoms with E-state index in [1.807, 2.05) is 56.3 Å². The maximum absolute atomic E-state index is 13.8. The minimum absolute atomic E-state index is 0.0418. The molecule has 1 aromatic heterocycles. The number of aryl methyl sites for hydroxylation is 1. The number of aliphatic hydroxyl groups is 1. The number of aromatic nitrogens is 2. The zero-order valence-electron chi connectivity index (χ0n) is 21.5. The van der Waals surface area contributed by atoms with Crippen molar-refractivity contribution in [2.24, 2.45) is 0 Å². The molecule has 0 saturated carbocycles. The minimum atomic E-state index is -0.0838. The van der Waals surface area contributed by atoms with Crippen LogP contribution in [0.3, 0.4) is 0 Å². The van der Waals surface area contributed by atoms with Gasteiger partial charge in [-0.2, -0.15) is 0 Å². The molecule has 35 heavy (non-hydrogen) atoms. The summed E-state index contributed by atoms with van der Waals surface area (Å²) in [5, 5.41) is 10.1. The van der Waals surface area contributed by atoms with E-state index in [1.165, 1.54) is 0 Å². The van der Waals surface area contributed by atoms with E-state index >= 15 is 0 Å². The molecule has 0 aliphatic heterocycles. The van der Waals surface area contributed by atoms with Crippen LogP contribution in [0.5, 0.6) is 5.75 Å². The molecule has 1 N–H and O–H groups in total. The van der Waals surface area contributed by atoms with Gasteiger partial charge in [-0.3, -0.25) is 14.3 Å². The van der Waals surface area contributed by atoms with Crippen molar-refractivity contribution < 1.29 is 14.6 Å².